The number of halogens is 1. The van der Waals surface area contributed by atoms with Crippen molar-refractivity contribution in [3.63, 3.8) is 0 Å². The fourth-order valence-electron chi connectivity index (χ4n) is 4.94. The molecular weight excluding hydrogens is 372 g/mol. The van der Waals surface area contributed by atoms with Crippen LogP contribution in [0.5, 0.6) is 0 Å². The fraction of sp³-hybridized carbons (Fsp3) is 0.522. The Hall–Kier alpha value is -1.94. The second kappa shape index (κ2) is 8.60. The number of hydrogen-bond acceptors (Lipinski definition) is 3. The lowest BCUT2D eigenvalue weighted by atomic mass is 9.81. The van der Waals surface area contributed by atoms with Crippen LogP contribution in [0.3, 0.4) is 0 Å². The minimum atomic E-state index is -0.284. The van der Waals surface area contributed by atoms with Gasteiger partial charge in [0.1, 0.15) is 0 Å². The zero-order chi connectivity index (χ0) is 19.5. The smallest absolute Gasteiger partial charge is 0.337 e. The number of fused-ring (bicyclic) bond motifs is 1. The summed E-state index contributed by atoms with van der Waals surface area (Å²) in [6.07, 6.45) is 12.6. The summed E-state index contributed by atoms with van der Waals surface area (Å²) >= 11 is 6.06. The Labute approximate surface area is 171 Å². The van der Waals surface area contributed by atoms with E-state index in [9.17, 15) is 4.79 Å². The van der Waals surface area contributed by atoms with Gasteiger partial charge in [0.2, 0.25) is 0 Å². The Bertz CT molecular complexity index is 872. The number of benzene rings is 1. The summed E-state index contributed by atoms with van der Waals surface area (Å²) < 4.78 is 7.38. The largest absolute Gasteiger partial charge is 0.465 e. The quantitative estimate of drug-likeness (QED) is 0.503. The van der Waals surface area contributed by atoms with E-state index in [1.54, 1.807) is 0 Å². The van der Waals surface area contributed by atoms with Crippen LogP contribution in [0.25, 0.3) is 10.9 Å². The van der Waals surface area contributed by atoms with Gasteiger partial charge in [-0.15, -0.1) is 11.6 Å². The maximum atomic E-state index is 12.2. The molecule has 1 aliphatic carbocycles. The number of hydrogen-bond donors (Lipinski definition) is 1. The monoisotopic (exact) mass is 400 g/mol. The number of carbonyl (C=O) groups is 1. The van der Waals surface area contributed by atoms with Crippen LogP contribution in [0.15, 0.2) is 30.5 Å². The van der Waals surface area contributed by atoms with Crippen molar-refractivity contribution in [3.05, 3.63) is 47.3 Å². The number of methoxy groups -OCH3 is 1. The molecular formula is C23H29ClN2O2. The molecule has 28 heavy (non-hydrogen) atoms. The van der Waals surface area contributed by atoms with Crippen LogP contribution in [0.4, 0.5) is 0 Å². The van der Waals surface area contributed by atoms with Crippen LogP contribution in [-0.2, 0) is 11.3 Å². The van der Waals surface area contributed by atoms with Crippen LogP contribution in [-0.4, -0.2) is 23.5 Å². The SMILES string of the molecule is COC(=O)c1ccc2c(C3CCCCC3)c(C3CC=CN3)n(CCCCl)c2c1. The van der Waals surface area contributed by atoms with Gasteiger partial charge in [0.15, 0.2) is 0 Å². The van der Waals surface area contributed by atoms with Gasteiger partial charge in [-0.1, -0.05) is 31.4 Å². The number of aryl methyl sites for hydroxylation is 1. The first-order valence-electron chi connectivity index (χ1n) is 10.5. The molecule has 0 saturated heterocycles. The molecule has 0 radical (unpaired) electrons. The van der Waals surface area contributed by atoms with E-state index in [1.165, 1.54) is 55.9 Å². The van der Waals surface area contributed by atoms with Crippen molar-refractivity contribution in [1.82, 2.24) is 9.88 Å². The number of rotatable bonds is 6. The molecule has 2 heterocycles. The molecule has 5 heteroatoms. The normalized spacial score (nSPS) is 19.9. The van der Waals surface area contributed by atoms with Crippen molar-refractivity contribution in [3.8, 4) is 0 Å². The predicted molar refractivity (Wildman–Crippen MR) is 114 cm³/mol. The summed E-state index contributed by atoms with van der Waals surface area (Å²) in [5, 5.41) is 4.84. The lowest BCUT2D eigenvalue weighted by Crippen LogP contribution is -2.19. The molecule has 1 unspecified atom stereocenters. The van der Waals surface area contributed by atoms with Crippen molar-refractivity contribution in [1.29, 1.82) is 0 Å². The number of carbonyl (C=O) groups excluding carboxylic acids is 1. The number of aromatic nitrogens is 1. The number of alkyl halides is 1. The average Bonchev–Trinajstić information content (AvgIpc) is 3.37. The van der Waals surface area contributed by atoms with Gasteiger partial charge >= 0.3 is 5.97 Å². The first kappa shape index (κ1) is 19.4. The molecule has 1 aromatic heterocycles. The van der Waals surface area contributed by atoms with E-state index in [4.69, 9.17) is 16.3 Å². The number of nitrogens with one attached hydrogen (secondary N) is 1. The van der Waals surface area contributed by atoms with E-state index in [-0.39, 0.29) is 5.97 Å². The van der Waals surface area contributed by atoms with Gasteiger partial charge in [0.05, 0.1) is 18.7 Å². The summed E-state index contributed by atoms with van der Waals surface area (Å²) in [7, 11) is 1.44. The zero-order valence-corrected chi connectivity index (χ0v) is 17.3. The molecule has 2 aliphatic rings. The predicted octanol–water partition coefficient (Wildman–Crippen LogP) is 5.65. The van der Waals surface area contributed by atoms with Gasteiger partial charge in [0.25, 0.3) is 0 Å². The van der Waals surface area contributed by atoms with Crippen molar-refractivity contribution in [2.45, 2.75) is 63.5 Å². The molecule has 0 amide bonds. The Morgan fingerprint density at radius 2 is 2.11 bits per heavy atom. The highest BCUT2D eigenvalue weighted by molar-refractivity contribution is 6.17. The molecule has 4 nitrogen and oxygen atoms in total. The number of nitrogens with zero attached hydrogens (tertiary/aromatic N) is 1. The molecule has 0 bridgehead atoms. The molecule has 1 aromatic carbocycles. The number of esters is 1. The molecule has 1 N–H and O–H groups in total. The van der Waals surface area contributed by atoms with Gasteiger partial charge in [-0.3, -0.25) is 0 Å². The standard InChI is InChI=1S/C23H29ClN2O2/c1-28-23(27)17-10-11-18-20(15-17)26(14-6-12-24)22(19-9-5-13-25-19)21(18)16-7-3-2-4-8-16/h5,10-11,13,15-16,19,25H,2-4,6-9,12,14H2,1H3. The molecule has 1 aliphatic heterocycles. The highest BCUT2D eigenvalue weighted by Crippen LogP contribution is 2.43. The third-order valence-corrected chi connectivity index (χ3v) is 6.48. The molecule has 1 atom stereocenters. The van der Waals surface area contributed by atoms with Crippen molar-refractivity contribution >= 4 is 28.5 Å². The summed E-state index contributed by atoms with van der Waals surface area (Å²) in [5.41, 5.74) is 4.62. The maximum absolute atomic E-state index is 12.2. The topological polar surface area (TPSA) is 43.3 Å². The molecule has 2 aromatic rings. The van der Waals surface area contributed by atoms with Gasteiger partial charge in [0, 0.05) is 29.0 Å². The molecule has 1 fully saturated rings. The van der Waals surface area contributed by atoms with Crippen molar-refractivity contribution in [2.75, 3.05) is 13.0 Å². The van der Waals surface area contributed by atoms with Gasteiger partial charge in [-0.2, -0.15) is 0 Å². The molecule has 1 saturated carbocycles. The summed E-state index contributed by atoms with van der Waals surface area (Å²) in [5.74, 6) is 0.938. The first-order valence-corrected chi connectivity index (χ1v) is 11.0. The van der Waals surface area contributed by atoms with Gasteiger partial charge in [-0.25, -0.2) is 4.79 Å². The van der Waals surface area contributed by atoms with E-state index in [0.29, 0.717) is 23.4 Å². The number of ether oxygens (including phenoxy) is 1. The molecule has 4 rings (SSSR count). The minimum Gasteiger partial charge on any atom is -0.465 e. The molecule has 150 valence electrons. The summed E-state index contributed by atoms with van der Waals surface area (Å²) in [6, 6.07) is 6.35. The van der Waals surface area contributed by atoms with Crippen molar-refractivity contribution in [2.24, 2.45) is 0 Å². The minimum absolute atomic E-state index is 0.284. The Morgan fingerprint density at radius 1 is 1.29 bits per heavy atom. The maximum Gasteiger partial charge on any atom is 0.337 e. The van der Waals surface area contributed by atoms with Crippen LogP contribution in [0.1, 0.15) is 78.5 Å². The Morgan fingerprint density at radius 3 is 2.79 bits per heavy atom. The van der Waals surface area contributed by atoms with E-state index >= 15 is 0 Å². The lowest BCUT2D eigenvalue weighted by molar-refractivity contribution is 0.0601. The van der Waals surface area contributed by atoms with Gasteiger partial charge in [-0.05, 0) is 55.5 Å². The highest BCUT2D eigenvalue weighted by Gasteiger charge is 2.30. The fourth-order valence-corrected chi connectivity index (χ4v) is 5.06. The van der Waals surface area contributed by atoms with Gasteiger partial charge < -0.3 is 14.6 Å². The van der Waals surface area contributed by atoms with E-state index < -0.39 is 0 Å². The van der Waals surface area contributed by atoms with Crippen LogP contribution in [0.2, 0.25) is 0 Å². The first-order chi connectivity index (χ1) is 13.7. The summed E-state index contributed by atoms with van der Waals surface area (Å²) in [4.78, 5) is 12.2. The Kier molecular flexibility index (Phi) is 5.96. The second-order valence-electron chi connectivity index (χ2n) is 7.91. The van der Waals surface area contributed by atoms with Crippen molar-refractivity contribution < 1.29 is 9.53 Å². The third-order valence-electron chi connectivity index (χ3n) is 6.21. The molecule has 0 spiro atoms. The Balaban J connectivity index is 1.92. The van der Waals surface area contributed by atoms with E-state index in [2.05, 4.69) is 28.2 Å². The second-order valence-corrected chi connectivity index (χ2v) is 8.29. The van der Waals surface area contributed by atoms with E-state index in [1.807, 2.05) is 12.1 Å². The van der Waals surface area contributed by atoms with Crippen LogP contribution in [0, 0.1) is 0 Å². The third kappa shape index (κ3) is 3.55. The van der Waals surface area contributed by atoms with Crippen LogP contribution < -0.4 is 5.32 Å². The lowest BCUT2D eigenvalue weighted by Gasteiger charge is -2.26. The average molecular weight is 401 g/mol. The highest BCUT2D eigenvalue weighted by atomic mass is 35.5. The van der Waals surface area contributed by atoms with Crippen LogP contribution >= 0.6 is 11.6 Å². The van der Waals surface area contributed by atoms with E-state index in [0.717, 1.165) is 24.9 Å². The zero-order valence-electron chi connectivity index (χ0n) is 16.5. The summed E-state index contributed by atoms with van der Waals surface area (Å²) in [6.45, 7) is 0.866.